The molecule has 0 spiro atoms. The van der Waals surface area contributed by atoms with Crippen molar-refractivity contribution in [3.8, 4) is 0 Å². The maximum absolute atomic E-state index is 13.0. The Kier molecular flexibility index (Phi) is 5.52. The van der Waals surface area contributed by atoms with Crippen LogP contribution < -0.4 is 0 Å². The molecule has 1 fully saturated rings. The first kappa shape index (κ1) is 18.3. The van der Waals surface area contributed by atoms with Crippen molar-refractivity contribution in [3.63, 3.8) is 0 Å². The molecule has 0 radical (unpaired) electrons. The van der Waals surface area contributed by atoms with Crippen molar-refractivity contribution in [1.29, 1.82) is 0 Å². The van der Waals surface area contributed by atoms with Gasteiger partial charge in [0.05, 0.1) is 10.4 Å². The third kappa shape index (κ3) is 3.70. The molecule has 1 aliphatic rings. The molecule has 2 heterocycles. The molecule has 0 N–H and O–H groups in total. The fourth-order valence-corrected chi connectivity index (χ4v) is 3.95. The van der Waals surface area contributed by atoms with E-state index in [0.29, 0.717) is 41.9 Å². The first-order valence-corrected chi connectivity index (χ1v) is 9.54. The Balaban J connectivity index is 1.75. The van der Waals surface area contributed by atoms with Crippen molar-refractivity contribution in [1.82, 2.24) is 9.80 Å². The summed E-state index contributed by atoms with van der Waals surface area (Å²) in [6.07, 6.45) is 1.31. The summed E-state index contributed by atoms with van der Waals surface area (Å²) < 4.78 is 0. The molecule has 1 aromatic heterocycles. The first-order chi connectivity index (χ1) is 12.5. The summed E-state index contributed by atoms with van der Waals surface area (Å²) in [5.74, 6) is -0.176. The van der Waals surface area contributed by atoms with Crippen LogP contribution in [0.25, 0.3) is 0 Å². The van der Waals surface area contributed by atoms with Crippen LogP contribution in [-0.4, -0.2) is 54.6 Å². The Morgan fingerprint density at radius 1 is 1.00 bits per heavy atom. The average molecular weight is 370 g/mol. The smallest absolute Gasteiger partial charge is 0.254 e. The molecule has 0 aliphatic carbocycles. The average Bonchev–Trinajstić information content (AvgIpc) is 3.21. The van der Waals surface area contributed by atoms with Crippen LogP contribution in [0.4, 0.5) is 0 Å². The molecule has 6 heteroatoms. The van der Waals surface area contributed by atoms with E-state index in [9.17, 15) is 14.4 Å². The van der Waals surface area contributed by atoms with Crippen molar-refractivity contribution in [2.45, 2.75) is 12.8 Å². The zero-order valence-corrected chi connectivity index (χ0v) is 15.8. The lowest BCUT2D eigenvalue weighted by molar-refractivity contribution is -0.134. The maximum atomic E-state index is 13.0. The number of amides is 2. The van der Waals surface area contributed by atoms with Gasteiger partial charge in [-0.15, -0.1) is 11.3 Å². The number of nitrogens with zero attached hydrogens (tertiary/aromatic N) is 2. The lowest BCUT2D eigenvalue weighted by Gasteiger charge is -2.32. The van der Waals surface area contributed by atoms with Crippen molar-refractivity contribution < 1.29 is 14.4 Å². The fraction of sp³-hybridized carbons (Fsp3) is 0.350. The van der Waals surface area contributed by atoms with E-state index in [1.807, 2.05) is 11.4 Å². The van der Waals surface area contributed by atoms with Crippen molar-refractivity contribution in [2.24, 2.45) is 5.92 Å². The fourth-order valence-electron chi connectivity index (χ4n) is 3.27. The molecule has 1 aromatic carbocycles. The Labute approximate surface area is 157 Å². The number of hydrogen-bond donors (Lipinski definition) is 0. The lowest BCUT2D eigenvalue weighted by Crippen LogP contribution is -2.43. The van der Waals surface area contributed by atoms with Gasteiger partial charge in [0.1, 0.15) is 0 Å². The molecular formula is C20H22N2O3S. The number of rotatable bonds is 4. The van der Waals surface area contributed by atoms with Crippen LogP contribution in [0.15, 0.2) is 41.8 Å². The van der Waals surface area contributed by atoms with Gasteiger partial charge in [-0.1, -0.05) is 24.3 Å². The van der Waals surface area contributed by atoms with Crippen LogP contribution in [0.5, 0.6) is 0 Å². The summed E-state index contributed by atoms with van der Waals surface area (Å²) in [7, 11) is 3.51. The second-order valence-electron chi connectivity index (χ2n) is 6.65. The lowest BCUT2D eigenvalue weighted by atomic mass is 9.94. The number of carbonyl (C=O) groups excluding carboxylic acids is 3. The van der Waals surface area contributed by atoms with Gasteiger partial charge in [0, 0.05) is 38.7 Å². The van der Waals surface area contributed by atoms with E-state index >= 15 is 0 Å². The number of carbonyl (C=O) groups is 3. The Bertz CT molecular complexity index is 806. The van der Waals surface area contributed by atoms with Crippen LogP contribution >= 0.6 is 11.3 Å². The normalized spacial score (nSPS) is 14.9. The monoisotopic (exact) mass is 370 g/mol. The van der Waals surface area contributed by atoms with Gasteiger partial charge < -0.3 is 9.80 Å². The van der Waals surface area contributed by atoms with Crippen molar-refractivity contribution in [3.05, 3.63) is 57.8 Å². The summed E-state index contributed by atoms with van der Waals surface area (Å²) >= 11 is 1.37. The van der Waals surface area contributed by atoms with Gasteiger partial charge in [0.25, 0.3) is 5.91 Å². The van der Waals surface area contributed by atoms with Gasteiger partial charge in [-0.05, 0) is 30.4 Å². The minimum atomic E-state index is -0.138. The van der Waals surface area contributed by atoms with Gasteiger partial charge in [0.15, 0.2) is 0 Å². The van der Waals surface area contributed by atoms with Crippen LogP contribution in [0.1, 0.15) is 38.4 Å². The Morgan fingerprint density at radius 2 is 1.65 bits per heavy atom. The van der Waals surface area contributed by atoms with Crippen LogP contribution in [0.3, 0.4) is 0 Å². The van der Waals surface area contributed by atoms with Gasteiger partial charge in [-0.25, -0.2) is 0 Å². The number of likely N-dealkylation sites (tertiary alicyclic amines) is 1. The molecule has 1 saturated heterocycles. The minimum Gasteiger partial charge on any atom is -0.349 e. The number of piperidine rings is 1. The van der Waals surface area contributed by atoms with E-state index in [1.165, 1.54) is 11.3 Å². The largest absolute Gasteiger partial charge is 0.349 e. The second-order valence-corrected chi connectivity index (χ2v) is 7.60. The third-order valence-corrected chi connectivity index (χ3v) is 5.59. The predicted molar refractivity (Wildman–Crippen MR) is 102 cm³/mol. The predicted octanol–water partition coefficient (Wildman–Crippen LogP) is 2.92. The summed E-state index contributed by atoms with van der Waals surface area (Å²) in [6, 6.07) is 10.6. The standard InChI is InChI=1S/C20H22N2O3S/c1-21(2)19(24)14-9-11-22(12-10-14)20(25)16-7-4-3-6-15(16)18(23)17-8-5-13-26-17/h3-8,13-14H,9-12H2,1-2H3. The van der Waals surface area contributed by atoms with E-state index in [1.54, 1.807) is 54.2 Å². The van der Waals surface area contributed by atoms with Crippen molar-refractivity contribution >= 4 is 28.9 Å². The van der Waals surface area contributed by atoms with Gasteiger partial charge in [0.2, 0.25) is 11.7 Å². The van der Waals surface area contributed by atoms with Gasteiger partial charge in [-0.3, -0.25) is 14.4 Å². The second kappa shape index (κ2) is 7.83. The number of hydrogen-bond acceptors (Lipinski definition) is 4. The zero-order chi connectivity index (χ0) is 18.7. The first-order valence-electron chi connectivity index (χ1n) is 8.66. The summed E-state index contributed by atoms with van der Waals surface area (Å²) in [5.41, 5.74) is 0.870. The highest BCUT2D eigenvalue weighted by atomic mass is 32.1. The molecule has 1 aliphatic heterocycles. The molecule has 3 rings (SSSR count). The molecule has 136 valence electrons. The molecule has 2 aromatic rings. The van der Waals surface area contributed by atoms with E-state index < -0.39 is 0 Å². The third-order valence-electron chi connectivity index (χ3n) is 4.72. The molecule has 2 amide bonds. The zero-order valence-electron chi connectivity index (χ0n) is 15.0. The molecule has 0 saturated carbocycles. The number of benzene rings is 1. The summed E-state index contributed by atoms with van der Waals surface area (Å²) in [4.78, 5) is 41.8. The summed E-state index contributed by atoms with van der Waals surface area (Å²) in [6.45, 7) is 1.06. The van der Waals surface area contributed by atoms with E-state index in [4.69, 9.17) is 0 Å². The quantitative estimate of drug-likeness (QED) is 0.778. The minimum absolute atomic E-state index is 0.0305. The topological polar surface area (TPSA) is 57.7 Å². The highest BCUT2D eigenvalue weighted by Gasteiger charge is 2.30. The molecule has 26 heavy (non-hydrogen) atoms. The van der Waals surface area contributed by atoms with Crippen LogP contribution in [0, 0.1) is 5.92 Å². The Hall–Kier alpha value is -2.47. The molecular weight excluding hydrogens is 348 g/mol. The molecule has 0 bridgehead atoms. The van der Waals surface area contributed by atoms with E-state index in [2.05, 4.69) is 0 Å². The summed E-state index contributed by atoms with van der Waals surface area (Å²) in [5, 5.41) is 1.85. The van der Waals surface area contributed by atoms with E-state index in [0.717, 1.165) is 0 Å². The number of ketones is 1. The van der Waals surface area contributed by atoms with Crippen molar-refractivity contribution in [2.75, 3.05) is 27.2 Å². The van der Waals surface area contributed by atoms with E-state index in [-0.39, 0.29) is 23.5 Å². The SMILES string of the molecule is CN(C)C(=O)C1CCN(C(=O)c2ccccc2C(=O)c2cccs2)CC1. The van der Waals surface area contributed by atoms with Gasteiger partial charge in [-0.2, -0.15) is 0 Å². The Morgan fingerprint density at radius 3 is 2.23 bits per heavy atom. The van der Waals surface area contributed by atoms with Crippen LogP contribution in [0.2, 0.25) is 0 Å². The van der Waals surface area contributed by atoms with Crippen LogP contribution in [-0.2, 0) is 4.79 Å². The highest BCUT2D eigenvalue weighted by molar-refractivity contribution is 7.12. The maximum Gasteiger partial charge on any atom is 0.254 e. The number of thiophene rings is 1. The molecule has 0 atom stereocenters. The van der Waals surface area contributed by atoms with Gasteiger partial charge >= 0.3 is 0 Å². The molecule has 0 unspecified atom stereocenters. The highest BCUT2D eigenvalue weighted by Crippen LogP contribution is 2.23. The molecule has 5 nitrogen and oxygen atoms in total.